The van der Waals surface area contributed by atoms with Crippen LogP contribution in [0.2, 0.25) is 0 Å². The summed E-state index contributed by atoms with van der Waals surface area (Å²) in [6, 6.07) is 79.6. The minimum atomic E-state index is 1.15. The Kier molecular flexibility index (Phi) is 7.89. The molecule has 2 heterocycles. The minimum absolute atomic E-state index is 1.15. The van der Waals surface area contributed by atoms with Crippen molar-refractivity contribution >= 4 is 77.3 Å². The molecule has 280 valence electrons. The Morgan fingerprint density at radius 2 is 0.633 bits per heavy atom. The van der Waals surface area contributed by atoms with Crippen molar-refractivity contribution in [2.24, 2.45) is 0 Å². The molecule has 60 heavy (non-hydrogen) atoms. The Balaban J connectivity index is 0.872. The number of nitrogens with zero attached hydrogens (tertiary/aromatic N) is 2. The van der Waals surface area contributed by atoms with Crippen molar-refractivity contribution in [2.75, 3.05) is 0 Å². The van der Waals surface area contributed by atoms with Gasteiger partial charge in [0.15, 0.2) is 0 Å². The first-order valence-corrected chi connectivity index (χ1v) is 20.7. The lowest BCUT2D eigenvalue weighted by Crippen LogP contribution is -1.94. The second kappa shape index (κ2) is 13.9. The fourth-order valence-electron chi connectivity index (χ4n) is 9.45. The van der Waals surface area contributed by atoms with Gasteiger partial charge in [-0.1, -0.05) is 182 Å². The van der Waals surface area contributed by atoms with E-state index in [-0.39, 0.29) is 0 Å². The molecule has 0 fully saturated rings. The summed E-state index contributed by atoms with van der Waals surface area (Å²) in [4.78, 5) is 0. The van der Waals surface area contributed by atoms with Gasteiger partial charge in [0.2, 0.25) is 0 Å². The Hall–Kier alpha value is -7.94. The molecule has 0 atom stereocenters. The van der Waals surface area contributed by atoms with E-state index in [4.69, 9.17) is 0 Å². The molecular weight excluding hydrogens is 725 g/mol. The summed E-state index contributed by atoms with van der Waals surface area (Å²) in [6.07, 6.45) is 4.42. The smallest absolute Gasteiger partial charge is 0.0547 e. The van der Waals surface area contributed by atoms with Crippen LogP contribution >= 0.6 is 0 Å². The fraction of sp³-hybridized carbons (Fsp3) is 0. The van der Waals surface area contributed by atoms with E-state index in [2.05, 4.69) is 240 Å². The van der Waals surface area contributed by atoms with Crippen molar-refractivity contribution in [3.63, 3.8) is 0 Å². The highest BCUT2D eigenvalue weighted by Crippen LogP contribution is 2.39. The van der Waals surface area contributed by atoms with E-state index in [0.717, 1.165) is 22.5 Å². The molecule has 0 bridgehead atoms. The van der Waals surface area contributed by atoms with Gasteiger partial charge in [-0.05, 0) is 103 Å². The molecule has 0 N–H and O–H groups in total. The van der Waals surface area contributed by atoms with Gasteiger partial charge in [0.1, 0.15) is 0 Å². The zero-order valence-corrected chi connectivity index (χ0v) is 32.8. The van der Waals surface area contributed by atoms with Gasteiger partial charge in [-0.15, -0.1) is 0 Å². The average molecular weight is 763 g/mol. The molecule has 12 aromatic rings. The molecule has 2 aromatic heterocycles. The van der Waals surface area contributed by atoms with E-state index in [0.29, 0.717) is 0 Å². The van der Waals surface area contributed by atoms with Crippen LogP contribution in [0.15, 0.2) is 218 Å². The lowest BCUT2D eigenvalue weighted by Gasteiger charge is -2.11. The molecule has 2 heteroatoms. The van der Waals surface area contributed by atoms with Crippen LogP contribution in [0, 0.1) is 0 Å². The third-order valence-electron chi connectivity index (χ3n) is 12.3. The van der Waals surface area contributed by atoms with E-state index in [1.807, 2.05) is 0 Å². The summed E-state index contributed by atoms with van der Waals surface area (Å²) in [5.74, 6) is 0. The van der Waals surface area contributed by atoms with E-state index < -0.39 is 0 Å². The molecule has 10 aromatic carbocycles. The van der Waals surface area contributed by atoms with E-state index in [1.165, 1.54) is 87.4 Å². The summed E-state index contributed by atoms with van der Waals surface area (Å²) in [5.41, 5.74) is 14.4. The number of hydrogen-bond donors (Lipinski definition) is 0. The molecule has 0 saturated carbocycles. The van der Waals surface area contributed by atoms with Gasteiger partial charge in [-0.2, -0.15) is 0 Å². The van der Waals surface area contributed by atoms with Gasteiger partial charge in [0.05, 0.1) is 22.1 Å². The SMILES string of the molecule is C(=C\c1ccc(-n2c3ccccc3c3ccc(-c4cccc5ccccc45)cc32)cc1)/c1ccc(-n2c3ccccc3c3ccc(-c4cccc5ccccc45)cc32)cc1. The lowest BCUT2D eigenvalue weighted by molar-refractivity contribution is 1.18. The molecular formula is C58H38N2. The first-order chi connectivity index (χ1) is 29.7. The van der Waals surface area contributed by atoms with E-state index in [9.17, 15) is 0 Å². The summed E-state index contributed by atoms with van der Waals surface area (Å²) in [5, 5.41) is 10.1. The van der Waals surface area contributed by atoms with Crippen molar-refractivity contribution in [3.8, 4) is 33.6 Å². The minimum Gasteiger partial charge on any atom is -0.309 e. The van der Waals surface area contributed by atoms with Crippen LogP contribution in [0.3, 0.4) is 0 Å². The highest BCUT2D eigenvalue weighted by Gasteiger charge is 2.16. The largest absolute Gasteiger partial charge is 0.309 e. The van der Waals surface area contributed by atoms with Crippen molar-refractivity contribution in [1.29, 1.82) is 0 Å². The monoisotopic (exact) mass is 762 g/mol. The Morgan fingerprint density at radius 1 is 0.267 bits per heavy atom. The number of rotatable bonds is 6. The zero-order valence-electron chi connectivity index (χ0n) is 32.8. The molecule has 0 radical (unpaired) electrons. The lowest BCUT2D eigenvalue weighted by atomic mass is 9.97. The number of hydrogen-bond acceptors (Lipinski definition) is 0. The maximum absolute atomic E-state index is 2.41. The number of aromatic nitrogens is 2. The maximum atomic E-state index is 2.41. The molecule has 0 aliphatic heterocycles. The highest BCUT2D eigenvalue weighted by atomic mass is 15.0. The van der Waals surface area contributed by atoms with Gasteiger partial charge < -0.3 is 9.13 Å². The first kappa shape index (κ1) is 34.1. The quantitative estimate of drug-likeness (QED) is 0.149. The molecule has 12 rings (SSSR count). The summed E-state index contributed by atoms with van der Waals surface area (Å²) >= 11 is 0. The number of para-hydroxylation sites is 2. The average Bonchev–Trinajstić information content (AvgIpc) is 3.83. The number of fused-ring (bicyclic) bond motifs is 8. The predicted octanol–water partition coefficient (Wildman–Crippen LogP) is 15.7. The summed E-state index contributed by atoms with van der Waals surface area (Å²) < 4.78 is 4.82. The van der Waals surface area contributed by atoms with Crippen LogP contribution in [-0.2, 0) is 0 Å². The Bertz CT molecular complexity index is 3380. The van der Waals surface area contributed by atoms with Crippen molar-refractivity contribution in [2.45, 2.75) is 0 Å². The molecule has 0 amide bonds. The summed E-state index contributed by atoms with van der Waals surface area (Å²) in [6.45, 7) is 0. The van der Waals surface area contributed by atoms with Gasteiger partial charge in [-0.25, -0.2) is 0 Å². The number of benzene rings is 10. The fourth-order valence-corrected chi connectivity index (χ4v) is 9.45. The zero-order chi connectivity index (χ0) is 39.6. The molecule has 0 saturated heterocycles. The third-order valence-corrected chi connectivity index (χ3v) is 12.3. The molecule has 0 unspecified atom stereocenters. The first-order valence-electron chi connectivity index (χ1n) is 20.7. The maximum Gasteiger partial charge on any atom is 0.0547 e. The normalized spacial score (nSPS) is 11.9. The molecule has 2 nitrogen and oxygen atoms in total. The third kappa shape index (κ3) is 5.57. The standard InChI is InChI=1S/C58H38N2/c1-3-15-47-41(11-1)13-9-19-49(47)43-29-35-53-51-17-5-7-21-55(51)59(57(53)37-43)45-31-25-39(26-32-45)23-24-40-27-33-46(34-28-40)60-56-22-8-6-18-52(56)54-36-30-44(38-58(54)60)50-20-10-14-42-12-2-4-16-48(42)50/h1-38H/b24-23+. The van der Waals surface area contributed by atoms with Crippen LogP contribution in [0.25, 0.3) is 111 Å². The topological polar surface area (TPSA) is 9.86 Å². The highest BCUT2D eigenvalue weighted by molar-refractivity contribution is 6.12. The van der Waals surface area contributed by atoms with Crippen molar-refractivity contribution in [1.82, 2.24) is 9.13 Å². The summed E-state index contributed by atoms with van der Waals surface area (Å²) in [7, 11) is 0. The van der Waals surface area contributed by atoms with Gasteiger partial charge in [0.25, 0.3) is 0 Å². The second-order valence-corrected chi connectivity index (χ2v) is 15.7. The van der Waals surface area contributed by atoms with Crippen LogP contribution in [0.4, 0.5) is 0 Å². The Morgan fingerprint density at radius 3 is 1.08 bits per heavy atom. The molecule has 0 aliphatic rings. The van der Waals surface area contributed by atoms with Crippen LogP contribution in [0.5, 0.6) is 0 Å². The van der Waals surface area contributed by atoms with Crippen LogP contribution in [-0.4, -0.2) is 9.13 Å². The molecule has 0 aliphatic carbocycles. The van der Waals surface area contributed by atoms with E-state index in [1.54, 1.807) is 0 Å². The molecule has 0 spiro atoms. The predicted molar refractivity (Wildman–Crippen MR) is 256 cm³/mol. The van der Waals surface area contributed by atoms with Crippen molar-refractivity contribution in [3.05, 3.63) is 230 Å². The van der Waals surface area contributed by atoms with Gasteiger partial charge >= 0.3 is 0 Å². The van der Waals surface area contributed by atoms with Gasteiger partial charge in [0, 0.05) is 32.9 Å². The van der Waals surface area contributed by atoms with Crippen molar-refractivity contribution < 1.29 is 0 Å². The van der Waals surface area contributed by atoms with Crippen LogP contribution in [0.1, 0.15) is 11.1 Å². The van der Waals surface area contributed by atoms with E-state index >= 15 is 0 Å². The van der Waals surface area contributed by atoms with Gasteiger partial charge in [-0.3, -0.25) is 0 Å². The second-order valence-electron chi connectivity index (χ2n) is 15.7. The Labute approximate surface area is 348 Å². The van der Waals surface area contributed by atoms with Crippen LogP contribution < -0.4 is 0 Å².